The highest BCUT2D eigenvalue weighted by atomic mass is 16.3. The molecule has 4 nitrogen and oxygen atoms in total. The van der Waals surface area contributed by atoms with E-state index < -0.39 is 0 Å². The fraction of sp³-hybridized carbons (Fsp3) is 0.375. The van der Waals surface area contributed by atoms with Crippen molar-refractivity contribution in [2.24, 2.45) is 5.92 Å². The SMILES string of the molecule is O=C(NC1CCCC1CO)c1nccc2ccccc12. The maximum absolute atomic E-state index is 12.4. The van der Waals surface area contributed by atoms with Gasteiger partial charge in [0.1, 0.15) is 5.69 Å². The zero-order valence-corrected chi connectivity index (χ0v) is 11.2. The van der Waals surface area contributed by atoms with Crippen LogP contribution in [0.1, 0.15) is 29.8 Å². The number of rotatable bonds is 3. The van der Waals surface area contributed by atoms with Crippen molar-refractivity contribution in [2.75, 3.05) is 6.61 Å². The molecule has 0 spiro atoms. The third kappa shape index (κ3) is 2.39. The van der Waals surface area contributed by atoms with Crippen LogP contribution in [0.3, 0.4) is 0 Å². The van der Waals surface area contributed by atoms with Gasteiger partial charge < -0.3 is 10.4 Å². The Bertz CT molecular complexity index is 621. The van der Waals surface area contributed by atoms with E-state index in [0.717, 1.165) is 30.0 Å². The van der Waals surface area contributed by atoms with Gasteiger partial charge >= 0.3 is 0 Å². The zero-order valence-electron chi connectivity index (χ0n) is 11.2. The van der Waals surface area contributed by atoms with Crippen LogP contribution in [0, 0.1) is 5.92 Å². The number of hydrogen-bond donors (Lipinski definition) is 2. The van der Waals surface area contributed by atoms with Crippen LogP contribution in [0.2, 0.25) is 0 Å². The number of aromatic nitrogens is 1. The standard InChI is InChI=1S/C16H18N2O2/c19-10-12-5-3-7-14(12)18-16(20)15-13-6-2-1-4-11(13)8-9-17-15/h1-2,4,6,8-9,12,14,19H,3,5,7,10H2,(H,18,20). The van der Waals surface area contributed by atoms with Crippen LogP contribution in [-0.2, 0) is 0 Å². The molecule has 0 saturated heterocycles. The van der Waals surface area contributed by atoms with E-state index >= 15 is 0 Å². The molecular formula is C16H18N2O2. The van der Waals surface area contributed by atoms with Gasteiger partial charge in [0, 0.05) is 30.1 Å². The Morgan fingerprint density at radius 2 is 2.15 bits per heavy atom. The van der Waals surface area contributed by atoms with E-state index in [0.29, 0.717) is 5.69 Å². The number of carbonyl (C=O) groups excluding carboxylic acids is 1. The number of hydrogen-bond acceptors (Lipinski definition) is 3. The monoisotopic (exact) mass is 270 g/mol. The van der Waals surface area contributed by atoms with Crippen LogP contribution in [0.4, 0.5) is 0 Å². The highest BCUT2D eigenvalue weighted by molar-refractivity contribution is 6.05. The molecule has 1 saturated carbocycles. The highest BCUT2D eigenvalue weighted by Crippen LogP contribution is 2.25. The first kappa shape index (κ1) is 13.1. The summed E-state index contributed by atoms with van der Waals surface area (Å²) in [6, 6.07) is 9.71. The van der Waals surface area contributed by atoms with Crippen molar-refractivity contribution in [3.05, 3.63) is 42.2 Å². The number of pyridine rings is 1. The summed E-state index contributed by atoms with van der Waals surface area (Å²) in [5.74, 6) is 0.0288. The lowest BCUT2D eigenvalue weighted by atomic mass is 10.0. The molecule has 2 unspecified atom stereocenters. The molecule has 1 heterocycles. The average Bonchev–Trinajstić information content (AvgIpc) is 2.93. The summed E-state index contributed by atoms with van der Waals surface area (Å²) in [4.78, 5) is 16.6. The summed E-state index contributed by atoms with van der Waals surface area (Å²) in [7, 11) is 0. The van der Waals surface area contributed by atoms with E-state index in [1.54, 1.807) is 6.20 Å². The summed E-state index contributed by atoms with van der Waals surface area (Å²) in [6.07, 6.45) is 4.63. The van der Waals surface area contributed by atoms with E-state index in [2.05, 4.69) is 10.3 Å². The van der Waals surface area contributed by atoms with Crippen LogP contribution in [0.5, 0.6) is 0 Å². The number of aliphatic hydroxyl groups is 1. The number of nitrogens with one attached hydrogen (secondary N) is 1. The molecule has 1 aliphatic rings. The van der Waals surface area contributed by atoms with Crippen molar-refractivity contribution >= 4 is 16.7 Å². The molecule has 4 heteroatoms. The molecule has 1 aromatic carbocycles. The fourth-order valence-electron chi connectivity index (χ4n) is 2.98. The molecular weight excluding hydrogens is 252 g/mol. The molecule has 2 aromatic rings. The molecule has 0 aliphatic heterocycles. The lowest BCUT2D eigenvalue weighted by Crippen LogP contribution is -2.38. The summed E-state index contributed by atoms with van der Waals surface area (Å²) in [6.45, 7) is 0.133. The fourth-order valence-corrected chi connectivity index (χ4v) is 2.98. The Kier molecular flexibility index (Phi) is 3.65. The predicted octanol–water partition coefficient (Wildman–Crippen LogP) is 2.13. The largest absolute Gasteiger partial charge is 0.396 e. The van der Waals surface area contributed by atoms with E-state index in [1.807, 2.05) is 30.3 Å². The number of carbonyl (C=O) groups is 1. The Hall–Kier alpha value is -1.94. The molecule has 1 fully saturated rings. The van der Waals surface area contributed by atoms with E-state index in [1.165, 1.54) is 0 Å². The summed E-state index contributed by atoms with van der Waals surface area (Å²) in [5, 5.41) is 14.2. The van der Waals surface area contributed by atoms with Crippen molar-refractivity contribution in [1.82, 2.24) is 10.3 Å². The van der Waals surface area contributed by atoms with Gasteiger partial charge in [-0.1, -0.05) is 30.7 Å². The van der Waals surface area contributed by atoms with Gasteiger partial charge in [-0.2, -0.15) is 0 Å². The first-order chi connectivity index (χ1) is 9.79. The Morgan fingerprint density at radius 1 is 1.30 bits per heavy atom. The summed E-state index contributed by atoms with van der Waals surface area (Å²) in [5.41, 5.74) is 0.465. The number of benzene rings is 1. The van der Waals surface area contributed by atoms with Crippen LogP contribution in [0.15, 0.2) is 36.5 Å². The molecule has 1 aromatic heterocycles. The van der Waals surface area contributed by atoms with Gasteiger partial charge in [-0.05, 0) is 24.3 Å². The van der Waals surface area contributed by atoms with Crippen molar-refractivity contribution < 1.29 is 9.90 Å². The Morgan fingerprint density at radius 3 is 3.00 bits per heavy atom. The van der Waals surface area contributed by atoms with Crippen molar-refractivity contribution in [3.63, 3.8) is 0 Å². The highest BCUT2D eigenvalue weighted by Gasteiger charge is 2.28. The molecule has 2 N–H and O–H groups in total. The predicted molar refractivity (Wildman–Crippen MR) is 77.4 cm³/mol. The van der Waals surface area contributed by atoms with Crippen molar-refractivity contribution in [2.45, 2.75) is 25.3 Å². The van der Waals surface area contributed by atoms with Crippen LogP contribution in [0.25, 0.3) is 10.8 Å². The second-order valence-electron chi connectivity index (χ2n) is 5.33. The van der Waals surface area contributed by atoms with Gasteiger partial charge in [-0.3, -0.25) is 9.78 Å². The number of aliphatic hydroxyl groups excluding tert-OH is 1. The molecule has 1 aliphatic carbocycles. The van der Waals surface area contributed by atoms with Gasteiger partial charge in [-0.15, -0.1) is 0 Å². The first-order valence-electron chi connectivity index (χ1n) is 7.05. The Labute approximate surface area is 117 Å². The smallest absolute Gasteiger partial charge is 0.270 e. The normalized spacial score (nSPS) is 22.1. The van der Waals surface area contributed by atoms with Crippen molar-refractivity contribution in [3.8, 4) is 0 Å². The zero-order chi connectivity index (χ0) is 13.9. The van der Waals surface area contributed by atoms with E-state index in [-0.39, 0.29) is 24.5 Å². The number of fused-ring (bicyclic) bond motifs is 1. The number of amides is 1. The van der Waals surface area contributed by atoms with Crippen LogP contribution in [-0.4, -0.2) is 28.6 Å². The molecule has 3 rings (SSSR count). The summed E-state index contributed by atoms with van der Waals surface area (Å²) >= 11 is 0. The minimum absolute atomic E-state index is 0.0632. The minimum Gasteiger partial charge on any atom is -0.396 e. The van der Waals surface area contributed by atoms with Crippen LogP contribution >= 0.6 is 0 Å². The van der Waals surface area contributed by atoms with E-state index in [4.69, 9.17) is 0 Å². The van der Waals surface area contributed by atoms with Gasteiger partial charge in [0.05, 0.1) is 0 Å². The van der Waals surface area contributed by atoms with Gasteiger partial charge in [0.2, 0.25) is 0 Å². The molecule has 20 heavy (non-hydrogen) atoms. The first-order valence-corrected chi connectivity index (χ1v) is 7.05. The van der Waals surface area contributed by atoms with E-state index in [9.17, 15) is 9.90 Å². The quantitative estimate of drug-likeness (QED) is 0.898. The summed E-state index contributed by atoms with van der Waals surface area (Å²) < 4.78 is 0. The number of nitrogens with zero attached hydrogens (tertiary/aromatic N) is 1. The second kappa shape index (κ2) is 5.59. The second-order valence-corrected chi connectivity index (χ2v) is 5.33. The molecule has 0 radical (unpaired) electrons. The Balaban J connectivity index is 1.86. The average molecular weight is 270 g/mol. The maximum atomic E-state index is 12.4. The lowest BCUT2D eigenvalue weighted by Gasteiger charge is -2.19. The maximum Gasteiger partial charge on any atom is 0.270 e. The third-order valence-corrected chi connectivity index (χ3v) is 4.10. The molecule has 104 valence electrons. The van der Waals surface area contributed by atoms with Gasteiger partial charge in [0.15, 0.2) is 0 Å². The molecule has 1 amide bonds. The third-order valence-electron chi connectivity index (χ3n) is 4.10. The molecule has 0 bridgehead atoms. The minimum atomic E-state index is -0.146. The van der Waals surface area contributed by atoms with Crippen LogP contribution < -0.4 is 5.32 Å². The lowest BCUT2D eigenvalue weighted by molar-refractivity contribution is 0.0913. The molecule has 2 atom stereocenters. The van der Waals surface area contributed by atoms with Crippen molar-refractivity contribution in [1.29, 1.82) is 0 Å². The van der Waals surface area contributed by atoms with Gasteiger partial charge in [0.25, 0.3) is 5.91 Å². The van der Waals surface area contributed by atoms with Gasteiger partial charge in [-0.25, -0.2) is 0 Å². The topological polar surface area (TPSA) is 62.2 Å².